The van der Waals surface area contributed by atoms with Crippen LogP contribution in [0.2, 0.25) is 0 Å². The fraction of sp³-hybridized carbons (Fsp3) is 0.261. The molecular formula is C23H23BrN6OS. The van der Waals surface area contributed by atoms with Gasteiger partial charge in [0.25, 0.3) is 0 Å². The summed E-state index contributed by atoms with van der Waals surface area (Å²) in [6.45, 7) is 4.08. The van der Waals surface area contributed by atoms with E-state index in [2.05, 4.69) is 30.9 Å². The van der Waals surface area contributed by atoms with Crippen LogP contribution >= 0.6 is 27.7 Å². The van der Waals surface area contributed by atoms with Crippen molar-refractivity contribution < 1.29 is 4.74 Å². The molecule has 4 aromatic rings. The summed E-state index contributed by atoms with van der Waals surface area (Å²) >= 11 is 4.95. The first-order valence-electron chi connectivity index (χ1n) is 10.1. The zero-order valence-electron chi connectivity index (χ0n) is 18.3. The largest absolute Gasteiger partial charge is 0.497 e. The molecule has 0 fully saturated rings. The van der Waals surface area contributed by atoms with Gasteiger partial charge in [-0.3, -0.25) is 0 Å². The standard InChI is InChI=1S/C23H23BrN6OS/c1-14-19(15(2)27-23(26-14)32-4)10-12-21-28-22(16-5-8-18(31-3)9-6-16)29-30(21)17-7-11-20(24)25-13-17/h5-9,11,13H,10,12H2,1-4H3. The molecule has 0 aliphatic heterocycles. The Morgan fingerprint density at radius 2 is 1.69 bits per heavy atom. The lowest BCUT2D eigenvalue weighted by Crippen LogP contribution is -2.08. The molecule has 0 radical (unpaired) electrons. The minimum Gasteiger partial charge on any atom is -0.497 e. The predicted molar refractivity (Wildman–Crippen MR) is 130 cm³/mol. The second-order valence-electron chi connectivity index (χ2n) is 7.19. The number of thioether (sulfide) groups is 1. The summed E-state index contributed by atoms with van der Waals surface area (Å²) in [4.78, 5) is 18.4. The second kappa shape index (κ2) is 9.79. The van der Waals surface area contributed by atoms with Crippen molar-refractivity contribution in [1.82, 2.24) is 29.7 Å². The summed E-state index contributed by atoms with van der Waals surface area (Å²) in [6.07, 6.45) is 5.25. The first-order valence-corrected chi connectivity index (χ1v) is 12.1. The molecule has 0 atom stereocenters. The summed E-state index contributed by atoms with van der Waals surface area (Å²) in [5.41, 5.74) is 4.95. The molecule has 164 valence electrons. The minimum absolute atomic E-state index is 0.660. The molecule has 7 nitrogen and oxygen atoms in total. The van der Waals surface area contributed by atoms with Crippen LogP contribution < -0.4 is 4.74 Å². The third kappa shape index (κ3) is 4.83. The molecule has 3 aromatic heterocycles. The first-order chi connectivity index (χ1) is 15.5. The topological polar surface area (TPSA) is 78.6 Å². The fourth-order valence-corrected chi connectivity index (χ4v) is 4.16. The van der Waals surface area contributed by atoms with E-state index in [-0.39, 0.29) is 0 Å². The summed E-state index contributed by atoms with van der Waals surface area (Å²) in [7, 11) is 1.65. The third-order valence-corrected chi connectivity index (χ3v) is 6.18. The van der Waals surface area contributed by atoms with Crippen molar-refractivity contribution in [1.29, 1.82) is 0 Å². The van der Waals surface area contributed by atoms with E-state index < -0.39 is 0 Å². The van der Waals surface area contributed by atoms with Crippen molar-refractivity contribution in [3.8, 4) is 22.8 Å². The van der Waals surface area contributed by atoms with E-state index in [4.69, 9.17) is 14.8 Å². The van der Waals surface area contributed by atoms with Crippen LogP contribution in [0.25, 0.3) is 17.1 Å². The molecule has 0 spiro atoms. The Morgan fingerprint density at radius 1 is 0.969 bits per heavy atom. The van der Waals surface area contributed by atoms with E-state index in [0.717, 1.165) is 56.0 Å². The molecule has 0 saturated carbocycles. The van der Waals surface area contributed by atoms with E-state index in [0.29, 0.717) is 12.2 Å². The maximum atomic E-state index is 5.27. The first kappa shape index (κ1) is 22.4. The number of hydrogen-bond acceptors (Lipinski definition) is 7. The van der Waals surface area contributed by atoms with Gasteiger partial charge in [0, 0.05) is 23.4 Å². The molecule has 0 aliphatic carbocycles. The van der Waals surface area contributed by atoms with Crippen molar-refractivity contribution in [3.63, 3.8) is 0 Å². The van der Waals surface area contributed by atoms with Gasteiger partial charge in [0.2, 0.25) is 0 Å². The van der Waals surface area contributed by atoms with Gasteiger partial charge in [-0.15, -0.1) is 5.10 Å². The Balaban J connectivity index is 1.69. The van der Waals surface area contributed by atoms with Gasteiger partial charge in [0.15, 0.2) is 11.0 Å². The van der Waals surface area contributed by atoms with Crippen LogP contribution in [0.3, 0.4) is 0 Å². The maximum Gasteiger partial charge on any atom is 0.187 e. The van der Waals surface area contributed by atoms with Gasteiger partial charge in [-0.2, -0.15) is 0 Å². The number of nitrogens with zero attached hydrogens (tertiary/aromatic N) is 6. The van der Waals surface area contributed by atoms with Crippen LogP contribution in [0, 0.1) is 13.8 Å². The normalized spacial score (nSPS) is 11.0. The summed E-state index contributed by atoms with van der Waals surface area (Å²) in [5.74, 6) is 2.31. The number of aryl methyl sites for hydroxylation is 3. The highest BCUT2D eigenvalue weighted by atomic mass is 79.9. The molecule has 0 saturated heterocycles. The summed E-state index contributed by atoms with van der Waals surface area (Å²) in [5, 5.41) is 5.60. The Kier molecular flexibility index (Phi) is 6.86. The minimum atomic E-state index is 0.660. The summed E-state index contributed by atoms with van der Waals surface area (Å²) in [6, 6.07) is 11.6. The molecule has 0 N–H and O–H groups in total. The average Bonchev–Trinajstić information content (AvgIpc) is 3.23. The predicted octanol–water partition coefficient (Wildman–Crippen LogP) is 5.01. The summed E-state index contributed by atoms with van der Waals surface area (Å²) < 4.78 is 7.90. The quantitative estimate of drug-likeness (QED) is 0.196. The van der Waals surface area contributed by atoms with E-state index in [1.54, 1.807) is 25.1 Å². The van der Waals surface area contributed by atoms with Crippen molar-refractivity contribution in [2.75, 3.05) is 13.4 Å². The Labute approximate surface area is 199 Å². The van der Waals surface area contributed by atoms with Crippen molar-refractivity contribution in [2.24, 2.45) is 0 Å². The van der Waals surface area contributed by atoms with E-state index in [1.807, 2.05) is 61.2 Å². The molecular weight excluding hydrogens is 488 g/mol. The fourth-order valence-electron chi connectivity index (χ4n) is 3.47. The zero-order chi connectivity index (χ0) is 22.7. The maximum absolute atomic E-state index is 5.27. The van der Waals surface area contributed by atoms with E-state index in [1.165, 1.54) is 0 Å². The molecule has 0 bridgehead atoms. The number of rotatable bonds is 7. The van der Waals surface area contributed by atoms with E-state index in [9.17, 15) is 0 Å². The lowest BCUT2D eigenvalue weighted by atomic mass is 10.1. The van der Waals surface area contributed by atoms with Gasteiger partial charge < -0.3 is 4.74 Å². The molecule has 4 rings (SSSR count). The van der Waals surface area contributed by atoms with Crippen LogP contribution in [0.5, 0.6) is 5.75 Å². The van der Waals surface area contributed by atoms with E-state index >= 15 is 0 Å². The van der Waals surface area contributed by atoms with Crippen molar-refractivity contribution in [3.05, 3.63) is 70.0 Å². The lowest BCUT2D eigenvalue weighted by molar-refractivity contribution is 0.415. The van der Waals surface area contributed by atoms with Crippen LogP contribution in [0.4, 0.5) is 0 Å². The number of pyridine rings is 1. The number of hydrogen-bond donors (Lipinski definition) is 0. The molecule has 0 amide bonds. The lowest BCUT2D eigenvalue weighted by Gasteiger charge is -2.10. The average molecular weight is 511 g/mol. The van der Waals surface area contributed by atoms with Gasteiger partial charge in [-0.1, -0.05) is 11.8 Å². The monoisotopic (exact) mass is 510 g/mol. The highest BCUT2D eigenvalue weighted by Gasteiger charge is 2.16. The van der Waals surface area contributed by atoms with Crippen LogP contribution in [-0.2, 0) is 12.8 Å². The molecule has 32 heavy (non-hydrogen) atoms. The second-order valence-corrected chi connectivity index (χ2v) is 8.78. The van der Waals surface area contributed by atoms with Crippen LogP contribution in [0.15, 0.2) is 52.4 Å². The van der Waals surface area contributed by atoms with Crippen molar-refractivity contribution in [2.45, 2.75) is 31.8 Å². The highest BCUT2D eigenvalue weighted by molar-refractivity contribution is 9.10. The van der Waals surface area contributed by atoms with Gasteiger partial charge >= 0.3 is 0 Å². The van der Waals surface area contributed by atoms with Gasteiger partial charge in [-0.05, 0) is 84.4 Å². The molecule has 0 aliphatic rings. The molecule has 1 aromatic carbocycles. The zero-order valence-corrected chi connectivity index (χ0v) is 20.7. The molecule has 9 heteroatoms. The Morgan fingerprint density at radius 3 is 2.28 bits per heavy atom. The number of benzene rings is 1. The van der Waals surface area contributed by atoms with Gasteiger partial charge in [0.05, 0.1) is 19.0 Å². The van der Waals surface area contributed by atoms with Crippen molar-refractivity contribution >= 4 is 27.7 Å². The van der Waals surface area contributed by atoms with Crippen LogP contribution in [0.1, 0.15) is 22.8 Å². The van der Waals surface area contributed by atoms with Gasteiger partial charge in [0.1, 0.15) is 16.2 Å². The SMILES string of the molecule is COc1ccc(-c2nc(CCc3c(C)nc(SC)nc3C)n(-c3ccc(Br)nc3)n2)cc1. The van der Waals surface area contributed by atoms with Crippen LogP contribution in [-0.4, -0.2) is 43.1 Å². The number of methoxy groups -OCH3 is 1. The number of aromatic nitrogens is 6. The molecule has 3 heterocycles. The Bertz CT molecular complexity index is 1200. The Hall–Kier alpha value is -2.78. The number of ether oxygens (including phenoxy) is 1. The van der Waals surface area contributed by atoms with Gasteiger partial charge in [-0.25, -0.2) is 24.6 Å². The molecule has 0 unspecified atom stereocenters. The third-order valence-electron chi connectivity index (χ3n) is 5.16. The smallest absolute Gasteiger partial charge is 0.187 e. The number of halogens is 1. The highest BCUT2D eigenvalue weighted by Crippen LogP contribution is 2.23.